The minimum absolute atomic E-state index is 0. The zero-order chi connectivity index (χ0) is 9.40. The number of hydrogen-bond donors (Lipinski definition) is 2. The van der Waals surface area contributed by atoms with Crippen molar-refractivity contribution in [3.8, 4) is 0 Å². The molecule has 0 saturated heterocycles. The van der Waals surface area contributed by atoms with E-state index in [-0.39, 0.29) is 57.8 Å². The molecule has 0 aliphatic carbocycles. The minimum Gasteiger partial charge on any atom is -0.550 e. The van der Waals surface area contributed by atoms with Gasteiger partial charge in [-0.05, 0) is 31.4 Å². The van der Waals surface area contributed by atoms with Gasteiger partial charge in [-0.3, -0.25) is 0 Å². The van der Waals surface area contributed by atoms with Crippen LogP contribution in [0.5, 0.6) is 0 Å². The zero-order valence-electron chi connectivity index (χ0n) is 8.03. The number of aliphatic carboxylic acids is 1. The van der Waals surface area contributed by atoms with Gasteiger partial charge in [-0.2, -0.15) is 25.3 Å². The molecule has 72 valence electrons. The standard InChI is InChI=1S/C8H16O2S2.K/c9-8(10)4-2-1-3-7(12)5-6-11;/h7,11-12H,1-6H2,(H,9,10);/q;+1/p-1. The molecule has 13 heavy (non-hydrogen) atoms. The van der Waals surface area contributed by atoms with Crippen molar-refractivity contribution in [2.24, 2.45) is 0 Å². The monoisotopic (exact) mass is 246 g/mol. The molecule has 0 fully saturated rings. The second kappa shape index (κ2) is 11.9. The van der Waals surface area contributed by atoms with Crippen LogP contribution in [-0.2, 0) is 4.79 Å². The second-order valence-corrected chi connectivity index (χ2v) is 3.96. The second-order valence-electron chi connectivity index (χ2n) is 2.78. The van der Waals surface area contributed by atoms with E-state index >= 15 is 0 Å². The number of rotatable bonds is 7. The summed E-state index contributed by atoms with van der Waals surface area (Å²) in [4.78, 5) is 10.0. The van der Waals surface area contributed by atoms with Crippen molar-refractivity contribution in [3.63, 3.8) is 0 Å². The predicted molar refractivity (Wildman–Crippen MR) is 54.7 cm³/mol. The maximum atomic E-state index is 10.0. The maximum absolute atomic E-state index is 10.0. The van der Waals surface area contributed by atoms with Crippen molar-refractivity contribution in [3.05, 3.63) is 0 Å². The van der Waals surface area contributed by atoms with Gasteiger partial charge in [0.2, 0.25) is 0 Å². The predicted octanol–water partition coefficient (Wildman–Crippen LogP) is -2.08. The van der Waals surface area contributed by atoms with E-state index in [0.29, 0.717) is 11.7 Å². The zero-order valence-corrected chi connectivity index (χ0v) is 12.9. The summed E-state index contributed by atoms with van der Waals surface area (Å²) in [6, 6.07) is 0. The van der Waals surface area contributed by atoms with Gasteiger partial charge in [0.15, 0.2) is 0 Å². The normalized spacial score (nSPS) is 11.8. The van der Waals surface area contributed by atoms with Crippen LogP contribution in [0.2, 0.25) is 0 Å². The molecule has 0 aliphatic rings. The Morgan fingerprint density at radius 2 is 1.92 bits per heavy atom. The van der Waals surface area contributed by atoms with Gasteiger partial charge in [-0.15, -0.1) is 0 Å². The first kappa shape index (κ1) is 17.2. The molecule has 0 heterocycles. The van der Waals surface area contributed by atoms with E-state index < -0.39 is 5.97 Å². The van der Waals surface area contributed by atoms with Gasteiger partial charge < -0.3 is 9.90 Å². The molecule has 0 N–H and O–H groups in total. The van der Waals surface area contributed by atoms with Crippen LogP contribution in [0.4, 0.5) is 0 Å². The van der Waals surface area contributed by atoms with Crippen LogP contribution in [0, 0.1) is 0 Å². The summed E-state index contributed by atoms with van der Waals surface area (Å²) in [5.74, 6) is -0.116. The van der Waals surface area contributed by atoms with Crippen LogP contribution in [-0.4, -0.2) is 17.0 Å². The van der Waals surface area contributed by atoms with Crippen molar-refractivity contribution >= 4 is 31.2 Å². The van der Waals surface area contributed by atoms with Crippen LogP contribution >= 0.6 is 25.3 Å². The Hall–Kier alpha value is 1.81. The number of carboxylic acid groups (broad SMARTS) is 1. The van der Waals surface area contributed by atoms with E-state index in [1.807, 2.05) is 0 Å². The Morgan fingerprint density at radius 1 is 1.31 bits per heavy atom. The Kier molecular flexibility index (Phi) is 15.7. The molecule has 1 unspecified atom stereocenters. The van der Waals surface area contributed by atoms with Crippen molar-refractivity contribution in [2.45, 2.75) is 37.4 Å². The Morgan fingerprint density at radius 3 is 2.38 bits per heavy atom. The van der Waals surface area contributed by atoms with Gasteiger partial charge >= 0.3 is 51.4 Å². The third-order valence-electron chi connectivity index (χ3n) is 1.63. The molecule has 0 spiro atoms. The minimum atomic E-state index is -0.958. The van der Waals surface area contributed by atoms with Gasteiger partial charge in [0.1, 0.15) is 0 Å². The number of unbranched alkanes of at least 4 members (excludes halogenated alkanes) is 1. The molecule has 2 nitrogen and oxygen atoms in total. The Balaban J connectivity index is 0. The number of carboxylic acids is 1. The molecule has 0 rings (SSSR count). The summed E-state index contributed by atoms with van der Waals surface area (Å²) < 4.78 is 0. The summed E-state index contributed by atoms with van der Waals surface area (Å²) in [5, 5.41) is 10.4. The average molecular weight is 246 g/mol. The third-order valence-corrected chi connectivity index (χ3v) is 2.41. The SMILES string of the molecule is O=C([O-])CCCCC(S)CCS.[K+]. The van der Waals surface area contributed by atoms with Crippen LogP contribution in [0.15, 0.2) is 0 Å². The van der Waals surface area contributed by atoms with Crippen LogP contribution < -0.4 is 56.5 Å². The van der Waals surface area contributed by atoms with Crippen LogP contribution in [0.1, 0.15) is 32.1 Å². The van der Waals surface area contributed by atoms with Gasteiger partial charge in [-0.1, -0.05) is 6.42 Å². The molecule has 0 bridgehead atoms. The molecule has 0 aromatic heterocycles. The fourth-order valence-corrected chi connectivity index (χ4v) is 1.77. The third kappa shape index (κ3) is 13.8. The van der Waals surface area contributed by atoms with Gasteiger partial charge in [0, 0.05) is 11.2 Å². The molecule has 1 atom stereocenters. The molecule has 0 aliphatic heterocycles. The topological polar surface area (TPSA) is 40.1 Å². The first-order chi connectivity index (χ1) is 5.66. The molecule has 0 radical (unpaired) electrons. The molecule has 5 heteroatoms. The number of hydrogen-bond acceptors (Lipinski definition) is 4. The van der Waals surface area contributed by atoms with E-state index in [1.165, 1.54) is 0 Å². The number of carbonyl (C=O) groups is 1. The fourth-order valence-electron chi connectivity index (χ4n) is 0.943. The summed E-state index contributed by atoms with van der Waals surface area (Å²) in [5.41, 5.74) is 0. The van der Waals surface area contributed by atoms with Gasteiger partial charge in [0.25, 0.3) is 0 Å². The van der Waals surface area contributed by atoms with Gasteiger partial charge in [0.05, 0.1) is 0 Å². The molecular formula is C8H15KO2S2. The average Bonchev–Trinajstić information content (AvgIpc) is 1.98. The molecule has 0 aromatic rings. The maximum Gasteiger partial charge on any atom is 1.00 e. The Bertz CT molecular complexity index is 133. The van der Waals surface area contributed by atoms with Crippen LogP contribution in [0.3, 0.4) is 0 Å². The number of thiol groups is 2. The first-order valence-corrected chi connectivity index (χ1v) is 5.30. The van der Waals surface area contributed by atoms with Crippen molar-refractivity contribution in [1.82, 2.24) is 0 Å². The van der Waals surface area contributed by atoms with E-state index in [2.05, 4.69) is 25.3 Å². The quantitative estimate of drug-likeness (QED) is 0.307. The van der Waals surface area contributed by atoms with E-state index in [9.17, 15) is 9.90 Å². The summed E-state index contributed by atoms with van der Waals surface area (Å²) in [6.45, 7) is 0. The molecule has 0 amide bonds. The molecular weight excluding hydrogens is 231 g/mol. The van der Waals surface area contributed by atoms with Crippen molar-refractivity contribution in [1.29, 1.82) is 0 Å². The number of carbonyl (C=O) groups excluding carboxylic acids is 1. The van der Waals surface area contributed by atoms with Crippen LogP contribution in [0.25, 0.3) is 0 Å². The Labute approximate surface area is 133 Å². The summed E-state index contributed by atoms with van der Waals surface area (Å²) >= 11 is 8.41. The van der Waals surface area contributed by atoms with Crippen molar-refractivity contribution in [2.75, 3.05) is 5.75 Å². The largest absolute Gasteiger partial charge is 1.00 e. The fraction of sp³-hybridized carbons (Fsp3) is 0.875. The van der Waals surface area contributed by atoms with E-state index in [0.717, 1.165) is 25.0 Å². The van der Waals surface area contributed by atoms with E-state index in [4.69, 9.17) is 0 Å². The molecule has 0 aromatic carbocycles. The summed E-state index contributed by atoms with van der Waals surface area (Å²) in [7, 11) is 0. The molecule has 0 saturated carbocycles. The van der Waals surface area contributed by atoms with Crippen molar-refractivity contribution < 1.29 is 61.3 Å². The van der Waals surface area contributed by atoms with Gasteiger partial charge in [-0.25, -0.2) is 0 Å². The first-order valence-electron chi connectivity index (χ1n) is 4.15. The smallest absolute Gasteiger partial charge is 0.550 e. The summed E-state index contributed by atoms with van der Waals surface area (Å²) in [6.07, 6.45) is 3.73. The van der Waals surface area contributed by atoms with E-state index in [1.54, 1.807) is 0 Å².